The fourth-order valence-electron chi connectivity index (χ4n) is 2.94. The lowest BCUT2D eigenvalue weighted by atomic mass is 9.81. The highest BCUT2D eigenvalue weighted by Gasteiger charge is 2.17. The minimum atomic E-state index is -0.0223. The van der Waals surface area contributed by atoms with Crippen molar-refractivity contribution in [3.63, 3.8) is 0 Å². The van der Waals surface area contributed by atoms with Gasteiger partial charge in [-0.15, -0.1) is 0 Å². The Labute approximate surface area is 108 Å². The highest BCUT2D eigenvalue weighted by Crippen LogP contribution is 2.30. The molecule has 0 bridgehead atoms. The van der Waals surface area contributed by atoms with Crippen molar-refractivity contribution in [2.75, 3.05) is 0 Å². The van der Waals surface area contributed by atoms with Gasteiger partial charge in [0.05, 0.1) is 6.10 Å². The lowest BCUT2D eigenvalue weighted by Gasteiger charge is -2.25. The molecule has 1 aliphatic carbocycles. The number of aliphatic hydroxyl groups excluding tert-OH is 1. The van der Waals surface area contributed by atoms with E-state index in [4.69, 9.17) is 0 Å². The van der Waals surface area contributed by atoms with E-state index in [0.717, 1.165) is 12.8 Å². The van der Waals surface area contributed by atoms with Crippen LogP contribution in [0.3, 0.4) is 0 Å². The first-order valence-electron chi connectivity index (χ1n) is 7.78. The molecule has 0 radical (unpaired) electrons. The minimum Gasteiger partial charge on any atom is -0.393 e. The van der Waals surface area contributed by atoms with Crippen molar-refractivity contribution >= 4 is 0 Å². The zero-order valence-corrected chi connectivity index (χ0v) is 12.0. The highest BCUT2D eigenvalue weighted by atomic mass is 16.3. The Bertz CT molecular complexity index is 186. The van der Waals surface area contributed by atoms with E-state index in [1.165, 1.54) is 64.2 Å². The molecule has 1 rings (SSSR count). The van der Waals surface area contributed by atoms with Crippen molar-refractivity contribution in [3.05, 3.63) is 0 Å². The summed E-state index contributed by atoms with van der Waals surface area (Å²) in [6.07, 6.45) is 15.4. The van der Waals surface area contributed by atoms with Crippen LogP contribution in [0.15, 0.2) is 0 Å². The maximum Gasteiger partial charge on any atom is 0.0540 e. The third-order valence-electron chi connectivity index (χ3n) is 4.28. The summed E-state index contributed by atoms with van der Waals surface area (Å²) >= 11 is 0. The molecule has 1 saturated carbocycles. The second-order valence-corrected chi connectivity index (χ2v) is 6.72. The van der Waals surface area contributed by atoms with E-state index in [1.54, 1.807) is 0 Å². The van der Waals surface area contributed by atoms with Crippen LogP contribution >= 0.6 is 0 Å². The quantitative estimate of drug-likeness (QED) is 0.627. The fourth-order valence-corrected chi connectivity index (χ4v) is 2.94. The molecule has 0 aliphatic heterocycles. The van der Waals surface area contributed by atoms with Gasteiger partial charge in [0.1, 0.15) is 0 Å². The van der Waals surface area contributed by atoms with Crippen molar-refractivity contribution in [2.24, 2.45) is 5.41 Å². The van der Waals surface area contributed by atoms with Crippen LogP contribution in [0.5, 0.6) is 0 Å². The molecule has 0 amide bonds. The summed E-state index contributed by atoms with van der Waals surface area (Å²) in [5, 5.41) is 9.82. The average Bonchev–Trinajstić information content (AvgIpc) is 2.26. The zero-order chi connectivity index (χ0) is 12.6. The molecule has 0 aromatic rings. The van der Waals surface area contributed by atoms with Gasteiger partial charge in [-0.05, 0) is 31.1 Å². The molecule has 1 atom stereocenters. The van der Waals surface area contributed by atoms with Gasteiger partial charge in [-0.3, -0.25) is 0 Å². The van der Waals surface area contributed by atoms with Crippen molar-refractivity contribution in [1.29, 1.82) is 0 Å². The van der Waals surface area contributed by atoms with Gasteiger partial charge in [0.2, 0.25) is 0 Å². The van der Waals surface area contributed by atoms with Gasteiger partial charge in [0, 0.05) is 0 Å². The van der Waals surface area contributed by atoms with Gasteiger partial charge in [0.15, 0.2) is 0 Å². The smallest absolute Gasteiger partial charge is 0.0540 e. The van der Waals surface area contributed by atoms with E-state index in [2.05, 4.69) is 13.8 Å². The summed E-state index contributed by atoms with van der Waals surface area (Å²) in [4.78, 5) is 0. The predicted octanol–water partition coefficient (Wildman–Crippen LogP) is 5.07. The second kappa shape index (κ2) is 8.13. The van der Waals surface area contributed by atoms with E-state index in [0.29, 0.717) is 5.41 Å². The first-order chi connectivity index (χ1) is 8.10. The second-order valence-electron chi connectivity index (χ2n) is 6.72. The van der Waals surface area contributed by atoms with Gasteiger partial charge >= 0.3 is 0 Å². The van der Waals surface area contributed by atoms with Crippen LogP contribution < -0.4 is 0 Å². The molecule has 1 unspecified atom stereocenters. The summed E-state index contributed by atoms with van der Waals surface area (Å²) in [6.45, 7) is 4.85. The molecular formula is C16H32O. The third-order valence-corrected chi connectivity index (χ3v) is 4.28. The lowest BCUT2D eigenvalue weighted by Crippen LogP contribution is -2.12. The Morgan fingerprint density at radius 3 is 1.71 bits per heavy atom. The highest BCUT2D eigenvalue weighted by molar-refractivity contribution is 4.69. The van der Waals surface area contributed by atoms with E-state index >= 15 is 0 Å². The van der Waals surface area contributed by atoms with Gasteiger partial charge < -0.3 is 5.11 Å². The van der Waals surface area contributed by atoms with Crippen LogP contribution in [-0.4, -0.2) is 11.2 Å². The summed E-state index contributed by atoms with van der Waals surface area (Å²) in [7, 11) is 0. The normalized spacial score (nSPS) is 29.5. The standard InChI is InChI=1S/C16H32O/c1-16(2)13-9-5-3-4-7-11-15(17)12-8-6-10-14-16/h15,17H,3-14H2,1-2H3. The molecule has 0 saturated heterocycles. The van der Waals surface area contributed by atoms with Gasteiger partial charge in [-0.1, -0.05) is 65.2 Å². The van der Waals surface area contributed by atoms with E-state index in [9.17, 15) is 5.11 Å². The van der Waals surface area contributed by atoms with Gasteiger partial charge in [-0.2, -0.15) is 0 Å². The number of rotatable bonds is 0. The molecule has 17 heavy (non-hydrogen) atoms. The van der Waals surface area contributed by atoms with Gasteiger partial charge in [0.25, 0.3) is 0 Å². The summed E-state index contributed by atoms with van der Waals surface area (Å²) in [5.41, 5.74) is 0.544. The van der Waals surface area contributed by atoms with Crippen LogP contribution in [0.2, 0.25) is 0 Å². The van der Waals surface area contributed by atoms with Crippen LogP contribution in [0.4, 0.5) is 0 Å². The molecule has 1 heteroatoms. The predicted molar refractivity (Wildman–Crippen MR) is 75.2 cm³/mol. The first-order valence-corrected chi connectivity index (χ1v) is 7.78. The maximum atomic E-state index is 9.82. The largest absolute Gasteiger partial charge is 0.393 e. The molecule has 0 spiro atoms. The Morgan fingerprint density at radius 1 is 0.706 bits per heavy atom. The van der Waals surface area contributed by atoms with E-state index < -0.39 is 0 Å². The van der Waals surface area contributed by atoms with E-state index in [-0.39, 0.29) is 6.10 Å². The number of hydrogen-bond donors (Lipinski definition) is 1. The molecule has 1 fully saturated rings. The SMILES string of the molecule is CC1(C)CCCCCCCC(O)CCCCC1. The summed E-state index contributed by atoms with van der Waals surface area (Å²) < 4.78 is 0. The topological polar surface area (TPSA) is 20.2 Å². The Hall–Kier alpha value is -0.0400. The van der Waals surface area contributed by atoms with Crippen molar-refractivity contribution in [3.8, 4) is 0 Å². The monoisotopic (exact) mass is 240 g/mol. The maximum absolute atomic E-state index is 9.82. The fraction of sp³-hybridized carbons (Fsp3) is 1.00. The average molecular weight is 240 g/mol. The molecule has 1 aliphatic rings. The Kier molecular flexibility index (Phi) is 7.18. The van der Waals surface area contributed by atoms with Crippen LogP contribution in [0, 0.1) is 5.41 Å². The molecule has 0 aromatic carbocycles. The Morgan fingerprint density at radius 2 is 1.12 bits per heavy atom. The van der Waals surface area contributed by atoms with Crippen molar-refractivity contribution in [1.82, 2.24) is 0 Å². The van der Waals surface area contributed by atoms with Crippen LogP contribution in [0.25, 0.3) is 0 Å². The Balaban J connectivity index is 2.29. The molecule has 1 nitrogen and oxygen atoms in total. The van der Waals surface area contributed by atoms with Crippen LogP contribution in [0.1, 0.15) is 90.9 Å². The number of aliphatic hydroxyl groups is 1. The van der Waals surface area contributed by atoms with E-state index in [1.807, 2.05) is 0 Å². The molecular weight excluding hydrogens is 208 g/mol. The summed E-state index contributed by atoms with van der Waals surface area (Å²) in [6, 6.07) is 0. The molecule has 102 valence electrons. The zero-order valence-electron chi connectivity index (χ0n) is 12.0. The van der Waals surface area contributed by atoms with Crippen LogP contribution in [-0.2, 0) is 0 Å². The lowest BCUT2D eigenvalue weighted by molar-refractivity contribution is 0.146. The van der Waals surface area contributed by atoms with Crippen molar-refractivity contribution < 1.29 is 5.11 Å². The molecule has 0 heterocycles. The summed E-state index contributed by atoms with van der Waals surface area (Å²) in [5.74, 6) is 0. The minimum absolute atomic E-state index is 0.0223. The number of hydrogen-bond acceptors (Lipinski definition) is 1. The molecule has 0 aromatic heterocycles. The van der Waals surface area contributed by atoms with Gasteiger partial charge in [-0.25, -0.2) is 0 Å². The third kappa shape index (κ3) is 7.81. The van der Waals surface area contributed by atoms with Crippen molar-refractivity contribution in [2.45, 2.75) is 97.0 Å². The first kappa shape index (κ1) is 15.0. The molecule has 1 N–H and O–H groups in total.